The first-order valence-electron chi connectivity index (χ1n) is 11.4. The largest absolute Gasteiger partial charge is 0.497 e. The summed E-state index contributed by atoms with van der Waals surface area (Å²) in [6.07, 6.45) is 0. The van der Waals surface area contributed by atoms with Gasteiger partial charge in [-0.15, -0.1) is 10.2 Å². The number of carbonyl (C=O) groups excluding carboxylic acids is 2. The molecule has 0 saturated carbocycles. The molecule has 2 aromatic carbocycles. The van der Waals surface area contributed by atoms with Gasteiger partial charge in [0.15, 0.2) is 11.0 Å². The molecule has 10 heteroatoms. The summed E-state index contributed by atoms with van der Waals surface area (Å²) in [7, 11) is 1.55. The molecule has 35 heavy (non-hydrogen) atoms. The highest BCUT2D eigenvalue weighted by molar-refractivity contribution is 7.99. The second-order valence-corrected chi connectivity index (χ2v) is 9.08. The van der Waals surface area contributed by atoms with Crippen molar-refractivity contribution in [2.75, 3.05) is 24.8 Å². The molecule has 0 aliphatic carbocycles. The van der Waals surface area contributed by atoms with E-state index in [9.17, 15) is 14.7 Å². The normalized spacial score (nSPS) is 11.8. The van der Waals surface area contributed by atoms with Crippen LogP contribution in [0.15, 0.2) is 53.7 Å². The third-order valence-corrected chi connectivity index (χ3v) is 6.37. The number of amides is 2. The second-order valence-electron chi connectivity index (χ2n) is 8.14. The van der Waals surface area contributed by atoms with Crippen molar-refractivity contribution in [2.24, 2.45) is 0 Å². The van der Waals surface area contributed by atoms with Crippen LogP contribution in [0.4, 0.5) is 5.69 Å². The van der Waals surface area contributed by atoms with E-state index in [-0.39, 0.29) is 24.2 Å². The summed E-state index contributed by atoms with van der Waals surface area (Å²) in [6.45, 7) is 6.31. The van der Waals surface area contributed by atoms with Crippen LogP contribution in [0, 0.1) is 0 Å². The van der Waals surface area contributed by atoms with Crippen molar-refractivity contribution in [3.63, 3.8) is 0 Å². The molecule has 0 unspecified atom stereocenters. The van der Waals surface area contributed by atoms with Crippen LogP contribution >= 0.6 is 11.8 Å². The number of aliphatic hydroxyl groups is 1. The molecule has 3 N–H and O–H groups in total. The van der Waals surface area contributed by atoms with Gasteiger partial charge in [0.1, 0.15) is 11.8 Å². The molecular weight excluding hydrogens is 466 g/mol. The number of methoxy groups -OCH3 is 1. The fourth-order valence-electron chi connectivity index (χ4n) is 3.42. The third-order valence-electron chi connectivity index (χ3n) is 5.41. The number of aromatic nitrogens is 3. The van der Waals surface area contributed by atoms with Crippen molar-refractivity contribution in [1.82, 2.24) is 20.1 Å². The van der Waals surface area contributed by atoms with Gasteiger partial charge in [0.2, 0.25) is 5.91 Å². The predicted molar refractivity (Wildman–Crippen MR) is 136 cm³/mol. The lowest BCUT2D eigenvalue weighted by molar-refractivity contribution is -0.113. The molecule has 0 aliphatic heterocycles. The monoisotopic (exact) mass is 497 g/mol. The molecule has 1 heterocycles. The Hall–Kier alpha value is -3.37. The van der Waals surface area contributed by atoms with Crippen LogP contribution in [-0.4, -0.2) is 51.2 Å². The van der Waals surface area contributed by atoms with Crippen molar-refractivity contribution < 1.29 is 19.4 Å². The van der Waals surface area contributed by atoms with E-state index in [1.54, 1.807) is 35.9 Å². The Bertz CT molecular complexity index is 1130. The van der Waals surface area contributed by atoms with Crippen molar-refractivity contribution in [2.45, 2.75) is 44.4 Å². The lowest BCUT2D eigenvalue weighted by Crippen LogP contribution is -2.32. The summed E-state index contributed by atoms with van der Waals surface area (Å²) < 4.78 is 6.90. The Labute approximate surface area is 209 Å². The maximum Gasteiger partial charge on any atom is 0.251 e. The summed E-state index contributed by atoms with van der Waals surface area (Å²) in [5, 5.41) is 24.5. The average Bonchev–Trinajstić information content (AvgIpc) is 3.29. The minimum Gasteiger partial charge on any atom is -0.497 e. The van der Waals surface area contributed by atoms with E-state index in [0.29, 0.717) is 34.8 Å². The van der Waals surface area contributed by atoms with E-state index >= 15 is 0 Å². The fraction of sp³-hybridized carbons (Fsp3) is 0.360. The molecule has 1 atom stereocenters. The molecule has 2 amide bonds. The van der Waals surface area contributed by atoms with E-state index in [4.69, 9.17) is 4.74 Å². The zero-order valence-corrected chi connectivity index (χ0v) is 21.1. The van der Waals surface area contributed by atoms with Gasteiger partial charge in [0, 0.05) is 17.8 Å². The fourth-order valence-corrected chi connectivity index (χ4v) is 4.23. The van der Waals surface area contributed by atoms with Crippen molar-refractivity contribution >= 4 is 29.3 Å². The summed E-state index contributed by atoms with van der Waals surface area (Å²) in [6, 6.07) is 13.7. The minimum absolute atomic E-state index is 0.145. The van der Waals surface area contributed by atoms with E-state index in [1.807, 2.05) is 31.2 Å². The van der Waals surface area contributed by atoms with Crippen LogP contribution in [-0.2, 0) is 11.3 Å². The van der Waals surface area contributed by atoms with Crippen LogP contribution in [0.2, 0.25) is 0 Å². The van der Waals surface area contributed by atoms with Gasteiger partial charge in [0.05, 0.1) is 19.5 Å². The highest BCUT2D eigenvalue weighted by Crippen LogP contribution is 2.22. The van der Waals surface area contributed by atoms with E-state index < -0.39 is 6.04 Å². The molecule has 0 fully saturated rings. The van der Waals surface area contributed by atoms with E-state index in [2.05, 4.69) is 34.7 Å². The number of hydrogen-bond acceptors (Lipinski definition) is 7. The Kier molecular flexibility index (Phi) is 9.27. The molecule has 0 bridgehead atoms. The molecule has 3 rings (SSSR count). The first-order valence-corrected chi connectivity index (χ1v) is 12.4. The summed E-state index contributed by atoms with van der Waals surface area (Å²) in [5.74, 6) is 1.12. The highest BCUT2D eigenvalue weighted by Gasteiger charge is 2.23. The number of ether oxygens (including phenoxy) is 1. The first-order chi connectivity index (χ1) is 16.9. The van der Waals surface area contributed by atoms with Crippen molar-refractivity contribution in [3.05, 3.63) is 65.5 Å². The smallest absolute Gasteiger partial charge is 0.251 e. The molecule has 0 saturated heterocycles. The minimum atomic E-state index is -0.750. The van der Waals surface area contributed by atoms with Gasteiger partial charge < -0.3 is 25.0 Å². The number of nitrogens with one attached hydrogen (secondary N) is 2. The second kappa shape index (κ2) is 12.4. The number of hydrogen-bond donors (Lipinski definition) is 3. The average molecular weight is 498 g/mol. The number of carbonyl (C=O) groups is 2. The summed E-state index contributed by atoms with van der Waals surface area (Å²) in [5.41, 5.74) is 2.37. The van der Waals surface area contributed by atoms with Gasteiger partial charge in [-0.25, -0.2) is 0 Å². The maximum atomic E-state index is 12.7. The van der Waals surface area contributed by atoms with Gasteiger partial charge in [-0.1, -0.05) is 37.7 Å². The van der Waals surface area contributed by atoms with Gasteiger partial charge in [-0.2, -0.15) is 0 Å². The molecular formula is C25H31N5O4S. The van der Waals surface area contributed by atoms with Crippen LogP contribution < -0.4 is 15.4 Å². The van der Waals surface area contributed by atoms with Gasteiger partial charge in [-0.05, 0) is 54.8 Å². The SMILES string of the molecule is CCn1c(SCC(=O)Nc2ccc(C(C)C)cc2)nnc1[C@H](CO)NC(=O)c1ccc(OC)cc1. The van der Waals surface area contributed by atoms with Crippen LogP contribution in [0.1, 0.15) is 54.5 Å². The van der Waals surface area contributed by atoms with Crippen molar-refractivity contribution in [1.29, 1.82) is 0 Å². The van der Waals surface area contributed by atoms with Gasteiger partial charge in [0.25, 0.3) is 5.91 Å². The third kappa shape index (κ3) is 6.83. The maximum absolute atomic E-state index is 12.7. The first kappa shape index (κ1) is 26.2. The quantitative estimate of drug-likeness (QED) is 0.346. The van der Waals surface area contributed by atoms with Gasteiger partial charge >= 0.3 is 0 Å². The molecule has 1 aromatic heterocycles. The van der Waals surface area contributed by atoms with E-state index in [0.717, 1.165) is 5.69 Å². The molecule has 0 radical (unpaired) electrons. The number of rotatable bonds is 11. The lowest BCUT2D eigenvalue weighted by Gasteiger charge is -2.17. The van der Waals surface area contributed by atoms with Crippen LogP contribution in [0.3, 0.4) is 0 Å². The zero-order chi connectivity index (χ0) is 25.4. The number of aliphatic hydroxyl groups excluding tert-OH is 1. The summed E-state index contributed by atoms with van der Waals surface area (Å²) in [4.78, 5) is 25.1. The number of benzene rings is 2. The Morgan fingerprint density at radius 1 is 1.09 bits per heavy atom. The van der Waals surface area contributed by atoms with Crippen LogP contribution in [0.5, 0.6) is 5.75 Å². The Balaban J connectivity index is 1.63. The van der Waals surface area contributed by atoms with Crippen LogP contribution in [0.25, 0.3) is 0 Å². The number of thioether (sulfide) groups is 1. The lowest BCUT2D eigenvalue weighted by atomic mass is 10.0. The summed E-state index contributed by atoms with van der Waals surface area (Å²) >= 11 is 1.24. The number of nitrogens with zero attached hydrogens (tertiary/aromatic N) is 3. The molecule has 0 spiro atoms. The Morgan fingerprint density at radius 3 is 2.34 bits per heavy atom. The standard InChI is InChI=1S/C25H31N5O4S/c1-5-30-23(21(14-31)27-24(33)18-8-12-20(34-4)13-9-18)28-29-25(30)35-15-22(32)26-19-10-6-17(7-11-19)16(2)3/h6-13,16,21,31H,5,14-15H2,1-4H3,(H,26,32)(H,27,33)/t21-/m0/s1. The molecule has 0 aliphatic rings. The molecule has 3 aromatic rings. The van der Waals surface area contributed by atoms with E-state index in [1.165, 1.54) is 17.3 Å². The highest BCUT2D eigenvalue weighted by atomic mass is 32.2. The topological polar surface area (TPSA) is 118 Å². The van der Waals surface area contributed by atoms with Crippen molar-refractivity contribution in [3.8, 4) is 5.75 Å². The zero-order valence-electron chi connectivity index (χ0n) is 20.3. The molecule has 186 valence electrons. The molecule has 9 nitrogen and oxygen atoms in total. The van der Waals surface area contributed by atoms with Gasteiger partial charge in [-0.3, -0.25) is 9.59 Å². The predicted octanol–water partition coefficient (Wildman–Crippen LogP) is 3.62. The Morgan fingerprint density at radius 2 is 1.77 bits per heavy atom. The number of anilines is 1.